The first-order valence-corrected chi connectivity index (χ1v) is 12.3. The van der Waals surface area contributed by atoms with Gasteiger partial charge in [-0.1, -0.05) is 36.7 Å². The molecule has 3 saturated carbocycles. The second kappa shape index (κ2) is 7.53. The van der Waals surface area contributed by atoms with E-state index in [0.29, 0.717) is 40.9 Å². The molecule has 4 aliphatic carbocycles. The van der Waals surface area contributed by atoms with Crippen LogP contribution in [0.3, 0.4) is 0 Å². The number of hydrogen-bond donors (Lipinski definition) is 0. The minimum Gasteiger partial charge on any atom is -0.299 e. The van der Waals surface area contributed by atoms with Crippen molar-refractivity contribution in [3.63, 3.8) is 0 Å². The summed E-state index contributed by atoms with van der Waals surface area (Å²) in [6, 6.07) is 7.78. The summed E-state index contributed by atoms with van der Waals surface area (Å²) < 4.78 is 0. The molecule has 0 heterocycles. The van der Waals surface area contributed by atoms with E-state index in [1.807, 2.05) is 42.1 Å². The van der Waals surface area contributed by atoms with Gasteiger partial charge in [-0.3, -0.25) is 9.59 Å². The van der Waals surface area contributed by atoms with E-state index in [4.69, 9.17) is 5.53 Å². The maximum absolute atomic E-state index is 12.9. The van der Waals surface area contributed by atoms with Crippen LogP contribution in [0.15, 0.2) is 45.9 Å². The molecule has 1 aromatic carbocycles. The van der Waals surface area contributed by atoms with Gasteiger partial charge in [0.2, 0.25) is 0 Å². The van der Waals surface area contributed by atoms with E-state index in [2.05, 4.69) is 23.9 Å². The van der Waals surface area contributed by atoms with E-state index in [0.717, 1.165) is 43.4 Å². The van der Waals surface area contributed by atoms with Gasteiger partial charge in [0, 0.05) is 39.0 Å². The molecule has 1 aromatic rings. The van der Waals surface area contributed by atoms with E-state index in [9.17, 15) is 9.59 Å². The minimum atomic E-state index is -0.173. The van der Waals surface area contributed by atoms with Crippen molar-refractivity contribution in [2.75, 3.05) is 0 Å². The predicted octanol–water partition coefficient (Wildman–Crippen LogP) is 6.80. The Morgan fingerprint density at radius 2 is 1.77 bits per heavy atom. The summed E-state index contributed by atoms with van der Waals surface area (Å²) in [6.07, 6.45) is 8.29. The van der Waals surface area contributed by atoms with Crippen LogP contribution in [0.1, 0.15) is 58.8 Å². The highest BCUT2D eigenvalue weighted by Gasteiger charge is 2.61. The smallest absolute Gasteiger partial charge is 0.155 e. The third-order valence-electron chi connectivity index (χ3n) is 8.95. The Balaban J connectivity index is 1.53. The quantitative estimate of drug-likeness (QED) is 0.297. The fraction of sp³-hybridized carbons (Fsp3) is 0.600. The molecule has 0 amide bonds. The van der Waals surface area contributed by atoms with Crippen molar-refractivity contribution in [3.05, 3.63) is 46.4 Å². The van der Waals surface area contributed by atoms with E-state index < -0.39 is 0 Å². The Labute approximate surface area is 187 Å². The van der Waals surface area contributed by atoms with Crippen LogP contribution in [-0.2, 0) is 9.59 Å². The Kier molecular flexibility index (Phi) is 5.06. The fourth-order valence-electron chi connectivity index (χ4n) is 7.21. The molecule has 0 radical (unpaired) electrons. The molecular formula is C25H29N3O2S. The number of rotatable bonds is 3. The van der Waals surface area contributed by atoms with Gasteiger partial charge >= 0.3 is 0 Å². The number of azide groups is 1. The van der Waals surface area contributed by atoms with E-state index in [1.54, 1.807) is 0 Å². The molecule has 0 spiro atoms. The van der Waals surface area contributed by atoms with Gasteiger partial charge in [-0.05, 0) is 79.0 Å². The largest absolute Gasteiger partial charge is 0.299 e. The van der Waals surface area contributed by atoms with Crippen molar-refractivity contribution in [1.29, 1.82) is 0 Å². The van der Waals surface area contributed by atoms with Gasteiger partial charge in [-0.15, -0.1) is 11.8 Å². The molecule has 0 N–H and O–H groups in total. The molecule has 0 aliphatic heterocycles. The number of carbonyl (C=O) groups excluding carboxylic acids is 2. The van der Waals surface area contributed by atoms with Gasteiger partial charge in [0.05, 0.1) is 0 Å². The van der Waals surface area contributed by atoms with Gasteiger partial charge in [-0.2, -0.15) is 0 Å². The number of hydrogen-bond acceptors (Lipinski definition) is 4. The molecule has 0 bridgehead atoms. The van der Waals surface area contributed by atoms with E-state index in [1.165, 1.54) is 5.57 Å². The lowest BCUT2D eigenvalue weighted by molar-refractivity contribution is -0.132. The predicted molar refractivity (Wildman–Crippen MR) is 122 cm³/mol. The van der Waals surface area contributed by atoms with Crippen LogP contribution in [0.25, 0.3) is 10.4 Å². The highest BCUT2D eigenvalue weighted by Crippen LogP contribution is 2.66. The summed E-state index contributed by atoms with van der Waals surface area (Å²) in [5.41, 5.74) is 10.5. The zero-order valence-electron chi connectivity index (χ0n) is 18.2. The molecule has 3 unspecified atom stereocenters. The Bertz CT molecular complexity index is 1010. The summed E-state index contributed by atoms with van der Waals surface area (Å²) in [4.78, 5) is 29.2. The lowest BCUT2D eigenvalue weighted by Crippen LogP contribution is -2.54. The number of nitrogens with zero attached hydrogens (tertiary/aromatic N) is 3. The lowest BCUT2D eigenvalue weighted by atomic mass is 9.47. The van der Waals surface area contributed by atoms with Crippen LogP contribution in [-0.4, -0.2) is 16.8 Å². The first-order valence-electron chi connectivity index (χ1n) is 11.4. The monoisotopic (exact) mass is 435 g/mol. The van der Waals surface area contributed by atoms with Crippen molar-refractivity contribution < 1.29 is 9.59 Å². The van der Waals surface area contributed by atoms with Crippen molar-refractivity contribution in [2.24, 2.45) is 33.7 Å². The number of Topliss-reactive ketones (excluding diaryl/α,β-unsaturated/α-hetero) is 1. The van der Waals surface area contributed by atoms with Crippen molar-refractivity contribution in [3.8, 4) is 0 Å². The van der Waals surface area contributed by atoms with Crippen LogP contribution >= 0.6 is 11.8 Å². The topological polar surface area (TPSA) is 82.9 Å². The number of fused-ring (bicyclic) bond motifs is 5. The van der Waals surface area contributed by atoms with Gasteiger partial charge < -0.3 is 0 Å². The molecule has 162 valence electrons. The average molecular weight is 436 g/mol. The number of benzene rings is 1. The molecule has 31 heavy (non-hydrogen) atoms. The molecule has 6 atom stereocenters. The number of allylic oxidation sites excluding steroid dienone is 1. The van der Waals surface area contributed by atoms with E-state index in [-0.39, 0.29) is 16.6 Å². The maximum atomic E-state index is 12.9. The molecule has 4 aliphatic rings. The van der Waals surface area contributed by atoms with Gasteiger partial charge in [0.25, 0.3) is 0 Å². The Hall–Kier alpha value is -2.04. The molecule has 5 rings (SSSR count). The molecule has 6 heteroatoms. The zero-order chi connectivity index (χ0) is 21.8. The highest BCUT2D eigenvalue weighted by atomic mass is 32.2. The SMILES string of the molecule is C[C@]12CCC(=O)C=C1C[C@@H](Sc1ccc(N=[N+]=[N-])cc1)C1C2CC[C@]2(C)C(=O)CCC12. The van der Waals surface area contributed by atoms with Crippen LogP contribution < -0.4 is 0 Å². The molecule has 5 nitrogen and oxygen atoms in total. The summed E-state index contributed by atoms with van der Waals surface area (Å²) in [5.74, 6) is 2.19. The number of ketones is 2. The molecular weight excluding hydrogens is 406 g/mol. The minimum absolute atomic E-state index is 0.0912. The van der Waals surface area contributed by atoms with Crippen molar-refractivity contribution in [1.82, 2.24) is 0 Å². The fourth-order valence-corrected chi connectivity index (χ4v) is 8.65. The van der Waals surface area contributed by atoms with Gasteiger partial charge in [0.1, 0.15) is 5.78 Å². The van der Waals surface area contributed by atoms with Crippen molar-refractivity contribution >= 4 is 29.0 Å². The first kappa shape index (κ1) is 20.8. The van der Waals surface area contributed by atoms with Gasteiger partial charge in [0.15, 0.2) is 5.78 Å². The van der Waals surface area contributed by atoms with Crippen LogP contribution in [0.4, 0.5) is 5.69 Å². The number of thioether (sulfide) groups is 1. The summed E-state index contributed by atoms with van der Waals surface area (Å²) in [6.45, 7) is 4.61. The second-order valence-corrected chi connectivity index (χ2v) is 11.6. The zero-order valence-corrected chi connectivity index (χ0v) is 19.0. The standard InChI is InChI=1S/C25H29N3O2S/c1-24-11-9-17(29)13-15(24)14-21(31-18-5-3-16(4-6-18)27-28-26)23-19-7-8-22(30)25(19,2)12-10-20(23)24/h3-6,13,19-21,23H,7-12,14H2,1-2H3/t19?,20?,21-,23?,24+,25+/m1/s1. The lowest BCUT2D eigenvalue weighted by Gasteiger charge is -2.59. The first-order chi connectivity index (χ1) is 14.8. The van der Waals surface area contributed by atoms with E-state index >= 15 is 0 Å². The maximum Gasteiger partial charge on any atom is 0.155 e. The van der Waals surface area contributed by atoms with Crippen LogP contribution in [0, 0.1) is 28.6 Å². The number of carbonyl (C=O) groups is 2. The Morgan fingerprint density at radius 1 is 1.03 bits per heavy atom. The van der Waals surface area contributed by atoms with Crippen LogP contribution in [0.5, 0.6) is 0 Å². The van der Waals surface area contributed by atoms with Crippen molar-refractivity contribution in [2.45, 2.75) is 68.9 Å². The summed E-state index contributed by atoms with van der Waals surface area (Å²) in [5, 5.41) is 4.04. The molecule has 0 saturated heterocycles. The summed E-state index contributed by atoms with van der Waals surface area (Å²) >= 11 is 1.88. The van der Waals surface area contributed by atoms with Gasteiger partial charge in [-0.25, -0.2) is 0 Å². The normalized spacial score (nSPS) is 39.1. The molecule has 3 fully saturated rings. The third kappa shape index (κ3) is 3.27. The summed E-state index contributed by atoms with van der Waals surface area (Å²) in [7, 11) is 0. The Morgan fingerprint density at radius 3 is 2.52 bits per heavy atom. The average Bonchev–Trinajstić information content (AvgIpc) is 3.05. The molecule has 0 aromatic heterocycles. The third-order valence-corrected chi connectivity index (χ3v) is 10.3. The van der Waals surface area contributed by atoms with Crippen LogP contribution in [0.2, 0.25) is 0 Å². The highest BCUT2D eigenvalue weighted by molar-refractivity contribution is 8.00. The second-order valence-electron chi connectivity index (χ2n) is 10.3.